The van der Waals surface area contributed by atoms with Gasteiger partial charge in [0.25, 0.3) is 0 Å². The van der Waals surface area contributed by atoms with Crippen molar-refractivity contribution in [3.63, 3.8) is 0 Å². The van der Waals surface area contributed by atoms with Crippen LogP contribution in [0, 0.1) is 6.92 Å². The topological polar surface area (TPSA) is 46.2 Å². The minimum absolute atomic E-state index is 0.335. The van der Waals surface area contributed by atoms with Crippen molar-refractivity contribution in [3.8, 4) is 0 Å². The largest absolute Gasteiger partial charge is 0.241 e. The van der Waals surface area contributed by atoms with Crippen LogP contribution < -0.4 is 4.72 Å². The van der Waals surface area contributed by atoms with Crippen molar-refractivity contribution in [2.75, 3.05) is 0 Å². The molecule has 4 heteroatoms. The molecule has 0 saturated carbocycles. The molecule has 0 atom stereocenters. The Bertz CT molecular complexity index is 489. The van der Waals surface area contributed by atoms with Crippen molar-refractivity contribution < 1.29 is 8.42 Å². The molecule has 0 amide bonds. The van der Waals surface area contributed by atoms with E-state index < -0.39 is 15.6 Å². The fraction of sp³-hybridized carbons (Fsp3) is 0.600. The highest BCUT2D eigenvalue weighted by atomic mass is 32.2. The number of unbranched alkanes of at least 4 members (excludes halogenated alkanes) is 2. The Morgan fingerprint density at radius 2 is 1.68 bits per heavy atom. The maximum atomic E-state index is 12.3. The van der Waals surface area contributed by atoms with Crippen molar-refractivity contribution in [2.24, 2.45) is 0 Å². The highest BCUT2D eigenvalue weighted by molar-refractivity contribution is 7.89. The molecule has 0 unspecified atom stereocenters. The number of rotatable bonds is 7. The standard InChI is InChI=1S/C15H25NO2S/c1-5-6-7-12-15(3,4)16-19(17,18)14-10-8-13(2)9-11-14/h8-11,16H,5-7,12H2,1-4H3. The van der Waals surface area contributed by atoms with Gasteiger partial charge < -0.3 is 0 Å². The van der Waals surface area contributed by atoms with Gasteiger partial charge in [-0.25, -0.2) is 13.1 Å². The monoisotopic (exact) mass is 283 g/mol. The van der Waals surface area contributed by atoms with Crippen LogP contribution >= 0.6 is 0 Å². The molecule has 1 aromatic carbocycles. The van der Waals surface area contributed by atoms with Crippen molar-refractivity contribution in [1.82, 2.24) is 4.72 Å². The fourth-order valence-electron chi connectivity index (χ4n) is 2.01. The zero-order chi connectivity index (χ0) is 14.5. The first-order chi connectivity index (χ1) is 8.77. The lowest BCUT2D eigenvalue weighted by molar-refractivity contribution is 0.403. The zero-order valence-corrected chi connectivity index (χ0v) is 13.2. The van der Waals surface area contributed by atoms with Crippen LogP contribution in [0.1, 0.15) is 52.0 Å². The molecule has 0 aromatic heterocycles. The molecule has 0 aliphatic rings. The Morgan fingerprint density at radius 1 is 1.11 bits per heavy atom. The van der Waals surface area contributed by atoms with E-state index in [1.807, 2.05) is 32.9 Å². The predicted molar refractivity (Wildman–Crippen MR) is 79.7 cm³/mol. The van der Waals surface area contributed by atoms with E-state index in [4.69, 9.17) is 0 Å². The fourth-order valence-corrected chi connectivity index (χ4v) is 3.45. The molecule has 1 rings (SSSR count). The molecule has 0 spiro atoms. The van der Waals surface area contributed by atoms with E-state index in [0.717, 1.165) is 31.2 Å². The van der Waals surface area contributed by atoms with Crippen molar-refractivity contribution in [2.45, 2.75) is 63.8 Å². The molecule has 19 heavy (non-hydrogen) atoms. The first-order valence-electron chi connectivity index (χ1n) is 6.87. The maximum absolute atomic E-state index is 12.3. The van der Waals surface area contributed by atoms with Crippen LogP contribution in [0.4, 0.5) is 0 Å². The summed E-state index contributed by atoms with van der Waals surface area (Å²) < 4.78 is 27.4. The quantitative estimate of drug-likeness (QED) is 0.777. The Kier molecular flexibility index (Phi) is 5.56. The lowest BCUT2D eigenvalue weighted by Crippen LogP contribution is -2.43. The van der Waals surface area contributed by atoms with Crippen LogP contribution in [0.5, 0.6) is 0 Å². The van der Waals surface area contributed by atoms with Gasteiger partial charge in [-0.3, -0.25) is 0 Å². The molecule has 0 radical (unpaired) electrons. The number of hydrogen-bond donors (Lipinski definition) is 1. The number of aryl methyl sites for hydroxylation is 1. The van der Waals surface area contributed by atoms with Gasteiger partial charge in [-0.05, 0) is 39.3 Å². The average molecular weight is 283 g/mol. The smallest absolute Gasteiger partial charge is 0.207 e. The molecule has 1 N–H and O–H groups in total. The highest BCUT2D eigenvalue weighted by Gasteiger charge is 2.25. The van der Waals surface area contributed by atoms with Gasteiger partial charge >= 0.3 is 0 Å². The minimum atomic E-state index is -3.42. The lowest BCUT2D eigenvalue weighted by Gasteiger charge is -2.26. The molecular weight excluding hydrogens is 258 g/mol. The molecule has 1 aromatic rings. The second-order valence-electron chi connectivity index (χ2n) is 5.76. The molecular formula is C15H25NO2S. The summed E-state index contributed by atoms with van der Waals surface area (Å²) >= 11 is 0. The highest BCUT2D eigenvalue weighted by Crippen LogP contribution is 2.18. The van der Waals surface area contributed by atoms with Crippen LogP contribution in [0.25, 0.3) is 0 Å². The minimum Gasteiger partial charge on any atom is -0.207 e. The van der Waals surface area contributed by atoms with Crippen LogP contribution in [-0.4, -0.2) is 14.0 Å². The lowest BCUT2D eigenvalue weighted by atomic mass is 9.98. The summed E-state index contributed by atoms with van der Waals surface area (Å²) in [5.41, 5.74) is 0.653. The number of nitrogens with one attached hydrogen (secondary N) is 1. The first kappa shape index (κ1) is 16.2. The van der Waals surface area contributed by atoms with E-state index >= 15 is 0 Å². The van der Waals surface area contributed by atoms with Crippen molar-refractivity contribution >= 4 is 10.0 Å². The van der Waals surface area contributed by atoms with E-state index in [2.05, 4.69) is 11.6 Å². The number of hydrogen-bond acceptors (Lipinski definition) is 2. The van der Waals surface area contributed by atoms with E-state index in [9.17, 15) is 8.42 Å². The molecule has 108 valence electrons. The van der Waals surface area contributed by atoms with Crippen LogP contribution in [0.15, 0.2) is 29.2 Å². The summed E-state index contributed by atoms with van der Waals surface area (Å²) in [6.45, 7) is 7.96. The maximum Gasteiger partial charge on any atom is 0.241 e. The van der Waals surface area contributed by atoms with Gasteiger partial charge in [0.15, 0.2) is 0 Å². The van der Waals surface area contributed by atoms with Gasteiger partial charge in [0.05, 0.1) is 4.90 Å². The second kappa shape index (κ2) is 6.53. The van der Waals surface area contributed by atoms with E-state index in [0.29, 0.717) is 4.90 Å². The van der Waals surface area contributed by atoms with Gasteiger partial charge in [0.2, 0.25) is 10.0 Å². The number of benzene rings is 1. The molecule has 0 bridgehead atoms. The molecule has 0 heterocycles. The van der Waals surface area contributed by atoms with Gasteiger partial charge in [-0.15, -0.1) is 0 Å². The Balaban J connectivity index is 2.76. The molecule has 3 nitrogen and oxygen atoms in total. The van der Waals surface area contributed by atoms with Gasteiger partial charge in [-0.2, -0.15) is 0 Å². The Morgan fingerprint density at radius 3 is 2.21 bits per heavy atom. The predicted octanol–water partition coefficient (Wildman–Crippen LogP) is 3.63. The van der Waals surface area contributed by atoms with Crippen LogP contribution in [0.3, 0.4) is 0 Å². The van der Waals surface area contributed by atoms with E-state index in [1.54, 1.807) is 12.1 Å². The van der Waals surface area contributed by atoms with E-state index in [1.165, 1.54) is 0 Å². The molecule has 0 saturated heterocycles. The summed E-state index contributed by atoms with van der Waals surface area (Å²) in [5.74, 6) is 0. The summed E-state index contributed by atoms with van der Waals surface area (Å²) in [6, 6.07) is 6.94. The van der Waals surface area contributed by atoms with Crippen LogP contribution in [-0.2, 0) is 10.0 Å². The van der Waals surface area contributed by atoms with Crippen molar-refractivity contribution in [3.05, 3.63) is 29.8 Å². The molecule has 0 aliphatic carbocycles. The molecule has 0 fully saturated rings. The Hall–Kier alpha value is -0.870. The molecule has 0 aliphatic heterocycles. The Labute approximate surface area is 117 Å². The summed E-state index contributed by atoms with van der Waals surface area (Å²) in [6.07, 6.45) is 4.17. The summed E-state index contributed by atoms with van der Waals surface area (Å²) in [7, 11) is -3.42. The third kappa shape index (κ3) is 5.33. The third-order valence-corrected chi connectivity index (χ3v) is 4.86. The summed E-state index contributed by atoms with van der Waals surface area (Å²) in [5, 5.41) is 0. The normalized spacial score (nSPS) is 12.6. The van der Waals surface area contributed by atoms with Gasteiger partial charge in [-0.1, -0.05) is 43.9 Å². The van der Waals surface area contributed by atoms with Gasteiger partial charge in [0.1, 0.15) is 0 Å². The average Bonchev–Trinajstić information content (AvgIpc) is 2.28. The first-order valence-corrected chi connectivity index (χ1v) is 8.36. The second-order valence-corrected chi connectivity index (χ2v) is 7.44. The zero-order valence-electron chi connectivity index (χ0n) is 12.4. The SMILES string of the molecule is CCCCCC(C)(C)NS(=O)(=O)c1ccc(C)cc1. The van der Waals surface area contributed by atoms with Gasteiger partial charge in [0, 0.05) is 5.54 Å². The van der Waals surface area contributed by atoms with Crippen LogP contribution in [0.2, 0.25) is 0 Å². The summed E-state index contributed by atoms with van der Waals surface area (Å²) in [4.78, 5) is 0.335. The van der Waals surface area contributed by atoms with E-state index in [-0.39, 0.29) is 0 Å². The third-order valence-electron chi connectivity index (χ3n) is 3.15. The van der Waals surface area contributed by atoms with Crippen molar-refractivity contribution in [1.29, 1.82) is 0 Å². The number of sulfonamides is 1.